The summed E-state index contributed by atoms with van der Waals surface area (Å²) in [5, 5.41) is 78.5. The Hall–Kier alpha value is -8.20. The van der Waals surface area contributed by atoms with Gasteiger partial charge in [-0.3, -0.25) is 43.2 Å². The van der Waals surface area contributed by atoms with Crippen molar-refractivity contribution in [2.24, 2.45) is 11.7 Å². The second-order valence-corrected chi connectivity index (χ2v) is 20.8. The number of carbonyl (C=O) groups is 10. The summed E-state index contributed by atoms with van der Waals surface area (Å²) in [6.07, 6.45) is -10.7. The number of cyclic esters (lactones) is 1. The van der Waals surface area contributed by atoms with Crippen LogP contribution >= 0.6 is 0 Å². The number of phenolic OH excluding ortho intramolecular Hbond substituents is 2. The van der Waals surface area contributed by atoms with E-state index in [4.69, 9.17) is 10.5 Å². The van der Waals surface area contributed by atoms with Crippen LogP contribution in [-0.4, -0.2) is 186 Å². The number of nitrogens with one attached hydrogen (secondary N) is 6. The number of aliphatic hydroxyl groups is 4. The van der Waals surface area contributed by atoms with E-state index < -0.39 is 157 Å². The van der Waals surface area contributed by atoms with Gasteiger partial charge in [0.15, 0.2) is 0 Å². The molecule has 82 heavy (non-hydrogen) atoms. The lowest BCUT2D eigenvalue weighted by atomic mass is 9.96. The molecular formula is C56H75N9O17. The molecule has 3 aromatic rings. The van der Waals surface area contributed by atoms with Crippen molar-refractivity contribution in [1.29, 1.82) is 0 Å². The number of esters is 1. The molecule has 14 atom stereocenters. The first-order valence-electron chi connectivity index (χ1n) is 26.9. The van der Waals surface area contributed by atoms with Crippen molar-refractivity contribution in [3.8, 4) is 11.5 Å². The Labute approximate surface area is 473 Å². The van der Waals surface area contributed by atoms with Crippen LogP contribution in [0.3, 0.4) is 0 Å². The van der Waals surface area contributed by atoms with Gasteiger partial charge in [-0.15, -0.1) is 0 Å². The number of primary amides is 1. The quantitative estimate of drug-likeness (QED) is 0.0554. The van der Waals surface area contributed by atoms with Crippen LogP contribution in [0.4, 0.5) is 0 Å². The summed E-state index contributed by atoms with van der Waals surface area (Å²) in [6, 6.07) is 5.69. The minimum Gasteiger partial charge on any atom is -0.508 e. The Morgan fingerprint density at radius 2 is 1.33 bits per heavy atom. The maximum absolute atomic E-state index is 14.9. The molecule has 0 spiro atoms. The summed E-state index contributed by atoms with van der Waals surface area (Å²) in [7, 11) is 1.25. The van der Waals surface area contributed by atoms with E-state index in [1.165, 1.54) is 69.4 Å². The maximum Gasteiger partial charge on any atom is 0.329 e. The first-order chi connectivity index (χ1) is 38.7. The topological polar surface area (TPSA) is 406 Å². The van der Waals surface area contributed by atoms with Crippen molar-refractivity contribution < 1.29 is 83.3 Å². The van der Waals surface area contributed by atoms with Crippen LogP contribution in [0, 0.1) is 5.92 Å². The Kier molecular flexibility index (Phi) is 23.2. The van der Waals surface area contributed by atoms with E-state index in [0.717, 1.165) is 16.7 Å². The predicted molar refractivity (Wildman–Crippen MR) is 291 cm³/mol. The molecule has 0 aliphatic carbocycles. The van der Waals surface area contributed by atoms with E-state index in [0.29, 0.717) is 16.7 Å². The summed E-state index contributed by atoms with van der Waals surface area (Å²) in [6.45, 7) is 6.81. The van der Waals surface area contributed by atoms with Gasteiger partial charge in [0.25, 0.3) is 0 Å². The number of hydrogen-bond donors (Lipinski definition) is 13. The highest BCUT2D eigenvalue weighted by atomic mass is 16.5. The van der Waals surface area contributed by atoms with Crippen molar-refractivity contribution in [2.75, 3.05) is 7.05 Å². The van der Waals surface area contributed by atoms with E-state index in [9.17, 15) is 78.6 Å². The van der Waals surface area contributed by atoms with E-state index in [1.54, 1.807) is 44.2 Å². The molecule has 2 saturated heterocycles. The van der Waals surface area contributed by atoms with Crippen LogP contribution in [0.1, 0.15) is 83.4 Å². The minimum absolute atomic E-state index is 0.0759. The fourth-order valence-electron chi connectivity index (χ4n) is 9.45. The molecule has 0 aromatic heterocycles. The molecule has 2 fully saturated rings. The van der Waals surface area contributed by atoms with E-state index >= 15 is 0 Å². The smallest absolute Gasteiger partial charge is 0.329 e. The van der Waals surface area contributed by atoms with Crippen molar-refractivity contribution in [3.63, 3.8) is 0 Å². The highest BCUT2D eigenvalue weighted by Crippen LogP contribution is 2.25. The van der Waals surface area contributed by atoms with Crippen molar-refractivity contribution in [2.45, 2.75) is 165 Å². The molecule has 2 bridgehead atoms. The molecule has 0 saturated carbocycles. The van der Waals surface area contributed by atoms with E-state index in [-0.39, 0.29) is 50.0 Å². The second-order valence-electron chi connectivity index (χ2n) is 20.8. The number of nitrogens with zero attached hydrogens (tertiary/aromatic N) is 2. The molecule has 3 aromatic carbocycles. The first kappa shape index (κ1) is 64.6. The number of fused-ring (bicyclic) bond motifs is 2. The van der Waals surface area contributed by atoms with Crippen molar-refractivity contribution >= 4 is 59.1 Å². The zero-order chi connectivity index (χ0) is 60.7. The van der Waals surface area contributed by atoms with Gasteiger partial charge in [0, 0.05) is 32.7 Å². The minimum atomic E-state index is -2.03. The van der Waals surface area contributed by atoms with Crippen LogP contribution < -0.4 is 37.6 Å². The van der Waals surface area contributed by atoms with Gasteiger partial charge >= 0.3 is 5.97 Å². The number of aromatic hydroxyl groups is 2. The number of rotatable bonds is 19. The number of piperidine rings is 1. The number of amides is 9. The number of carbonyl (C=O) groups excluding carboxylic acids is 10. The monoisotopic (exact) mass is 1150 g/mol. The zero-order valence-electron chi connectivity index (χ0n) is 46.4. The van der Waals surface area contributed by atoms with Crippen LogP contribution in [0.15, 0.2) is 78.9 Å². The average Bonchev–Trinajstić information content (AvgIpc) is 3.52. The van der Waals surface area contributed by atoms with Gasteiger partial charge < -0.3 is 82.8 Å². The third-order valence-corrected chi connectivity index (χ3v) is 14.5. The van der Waals surface area contributed by atoms with Crippen LogP contribution in [0.2, 0.25) is 0 Å². The molecule has 26 nitrogen and oxygen atoms in total. The fraction of sp³-hybridized carbons (Fsp3) is 0.500. The summed E-state index contributed by atoms with van der Waals surface area (Å²) >= 11 is 0. The first-order valence-corrected chi connectivity index (χ1v) is 26.9. The Balaban J connectivity index is 1.59. The maximum atomic E-state index is 14.9. The highest BCUT2D eigenvalue weighted by molar-refractivity contribution is 5.99. The van der Waals surface area contributed by atoms with Gasteiger partial charge in [-0.1, -0.05) is 74.9 Å². The molecule has 26 heteroatoms. The Morgan fingerprint density at radius 3 is 1.90 bits per heavy atom. The molecule has 0 unspecified atom stereocenters. The fourth-order valence-corrected chi connectivity index (χ4v) is 9.45. The summed E-state index contributed by atoms with van der Waals surface area (Å²) in [4.78, 5) is 144. The highest BCUT2D eigenvalue weighted by Gasteiger charge is 2.47. The number of aliphatic hydroxyl groups excluding tert-OH is 4. The normalized spacial score (nSPS) is 24.5. The SMILES string of the molecule is CC[C@H](C)[C@@H]1NC(=O)[C@H](Cc2ccccc2)N(C)C(=O)[C@H]([C@@H](C)O)N2C(=O)[C@H](CC[C@H]2O)NC(=O)[C@H](Cc2ccc(O)cc2)NC(=O)[C@@H](NC(=O)[C@H](CCC(N)=O)NC(=O)[C@@H](NC(=O)[C@H](O)Cc2ccc(O)cc2)[C@@H](C)O)[C@@H](C)OC1=O. The molecule has 446 valence electrons. The number of hydrogen-bond acceptors (Lipinski definition) is 17. The summed E-state index contributed by atoms with van der Waals surface area (Å²) < 4.78 is 5.92. The number of nitrogens with two attached hydrogens (primary N) is 1. The summed E-state index contributed by atoms with van der Waals surface area (Å²) in [5.74, 6) is -11.8. The third-order valence-electron chi connectivity index (χ3n) is 14.5. The van der Waals surface area contributed by atoms with Crippen molar-refractivity contribution in [1.82, 2.24) is 41.7 Å². The average molecular weight is 1150 g/mol. The van der Waals surface area contributed by atoms with Crippen LogP contribution in [0.25, 0.3) is 0 Å². The molecule has 5 rings (SSSR count). The lowest BCUT2D eigenvalue weighted by Gasteiger charge is -2.43. The van der Waals surface area contributed by atoms with Gasteiger partial charge in [0.2, 0.25) is 53.2 Å². The predicted octanol–water partition coefficient (Wildman–Crippen LogP) is -2.45. The largest absolute Gasteiger partial charge is 0.508 e. The van der Waals surface area contributed by atoms with Gasteiger partial charge in [-0.25, -0.2) is 4.79 Å². The lowest BCUT2D eigenvalue weighted by Crippen LogP contribution is -2.67. The number of benzene rings is 3. The second kappa shape index (κ2) is 29.5. The molecule has 0 radical (unpaired) electrons. The Morgan fingerprint density at radius 1 is 0.732 bits per heavy atom. The number of phenols is 2. The molecule has 2 heterocycles. The molecule has 14 N–H and O–H groups in total. The van der Waals surface area contributed by atoms with Gasteiger partial charge in [0.05, 0.1) is 12.2 Å². The summed E-state index contributed by atoms with van der Waals surface area (Å²) in [5.41, 5.74) is 6.76. The van der Waals surface area contributed by atoms with Gasteiger partial charge in [-0.05, 0) is 86.9 Å². The molecule has 2 aliphatic rings. The Bertz CT molecular complexity index is 2750. The molecular weight excluding hydrogens is 1070 g/mol. The van der Waals surface area contributed by atoms with E-state index in [2.05, 4.69) is 31.9 Å². The van der Waals surface area contributed by atoms with Gasteiger partial charge in [0.1, 0.15) is 78.3 Å². The van der Waals surface area contributed by atoms with Crippen molar-refractivity contribution in [3.05, 3.63) is 95.6 Å². The lowest BCUT2D eigenvalue weighted by molar-refractivity contribution is -0.170. The number of ether oxygens (including phenoxy) is 1. The third kappa shape index (κ3) is 17.4. The molecule has 9 amide bonds. The standard InChI is InChI=1S/C56H75N9O17/c1-7-28(2)44-56(81)82-31(5)46(63-48(73)37(21-23-42(57)71)58-52(77)45(29(3)66)62-51(76)41(70)27-34-15-19-36(69)20-16-34)53(78)60-39(25-33-13-17-35(68)18-14-33)49(74)59-38-22-24-43(72)65(54(38)79)47(30(4)67)55(80)64(6)40(50(75)61-44)26-32-11-9-8-10-12-32/h8-20,28-31,37-41,43-47,66-70,72H,7,21-27H2,1-6H3,(H2,57,71)(H,58,77)(H,59,74)(H,60,78)(H,61,75)(H,62,76)(H,63,73)/t28-,29+,30+,31+,37-,38-,39-,40-,41+,43+,44-,45-,46-,47-/m0/s1. The zero-order valence-corrected chi connectivity index (χ0v) is 46.4. The van der Waals surface area contributed by atoms with Crippen LogP contribution in [-0.2, 0) is 71.9 Å². The van der Waals surface area contributed by atoms with Crippen LogP contribution in [0.5, 0.6) is 11.5 Å². The van der Waals surface area contributed by atoms with Gasteiger partial charge in [-0.2, -0.15) is 0 Å². The number of likely N-dealkylation sites (N-methyl/N-ethyl adjacent to an activating group) is 1. The molecule has 2 aliphatic heterocycles. The van der Waals surface area contributed by atoms with E-state index in [1.807, 2.05) is 0 Å².